The van der Waals surface area contributed by atoms with Gasteiger partial charge in [-0.25, -0.2) is 4.79 Å². The number of ketones is 1. The Morgan fingerprint density at radius 2 is 1.16 bits per heavy atom. The van der Waals surface area contributed by atoms with Crippen molar-refractivity contribution in [1.82, 2.24) is 26.3 Å². The Morgan fingerprint density at radius 3 is 1.79 bits per heavy atom. The van der Waals surface area contributed by atoms with Crippen molar-refractivity contribution in [1.29, 1.82) is 0 Å². The molecule has 6 aromatic rings. The van der Waals surface area contributed by atoms with Gasteiger partial charge in [0.15, 0.2) is 18.0 Å². The molecular formula is C53H52N6O10S. The van der Waals surface area contributed by atoms with Gasteiger partial charge in [0.25, 0.3) is 11.8 Å². The van der Waals surface area contributed by atoms with Crippen molar-refractivity contribution in [3.63, 3.8) is 0 Å². The average molecular weight is 965 g/mol. The number of hydrogen-bond donors (Lipinski definition) is 8. The molecule has 2 aromatic heterocycles. The maximum Gasteiger partial charge on any atom is 0.326 e. The van der Waals surface area contributed by atoms with Crippen molar-refractivity contribution in [2.24, 2.45) is 5.92 Å². The van der Waals surface area contributed by atoms with Crippen LogP contribution in [0.3, 0.4) is 0 Å². The lowest BCUT2D eigenvalue weighted by Crippen LogP contribution is -2.59. The zero-order chi connectivity index (χ0) is 49.6. The van der Waals surface area contributed by atoms with Gasteiger partial charge in [-0.15, -0.1) is 11.3 Å². The Labute approximate surface area is 407 Å². The molecule has 0 radical (unpaired) electrons. The van der Waals surface area contributed by atoms with Crippen LogP contribution >= 0.6 is 11.3 Å². The van der Waals surface area contributed by atoms with Crippen LogP contribution in [0.4, 0.5) is 5.69 Å². The fourth-order valence-electron chi connectivity index (χ4n) is 8.05. The first-order valence-corrected chi connectivity index (χ1v) is 23.5. The average Bonchev–Trinajstić information content (AvgIpc) is 3.89. The number of rotatable bonds is 12. The molecule has 4 aromatic carbocycles. The highest BCUT2D eigenvalue weighted by Crippen LogP contribution is 2.22. The number of carbonyl (C=O) groups is 7. The van der Waals surface area contributed by atoms with Gasteiger partial charge in [0.2, 0.25) is 17.7 Å². The maximum atomic E-state index is 14.8. The van der Waals surface area contributed by atoms with Gasteiger partial charge in [0.1, 0.15) is 18.1 Å². The number of thiophene rings is 1. The second kappa shape index (κ2) is 23.9. The second-order valence-corrected chi connectivity index (χ2v) is 18.1. The number of nitrogens with one attached hydrogen (secondary N) is 5. The number of anilines is 1. The van der Waals surface area contributed by atoms with E-state index in [0.717, 1.165) is 11.1 Å². The monoisotopic (exact) mass is 964 g/mol. The van der Waals surface area contributed by atoms with Crippen LogP contribution in [-0.4, -0.2) is 98.0 Å². The number of pyridine rings is 1. The lowest BCUT2D eigenvalue weighted by atomic mass is 9.89. The summed E-state index contributed by atoms with van der Waals surface area (Å²) in [4.78, 5) is 102. The van der Waals surface area contributed by atoms with Crippen LogP contribution in [0.25, 0.3) is 11.1 Å². The predicted octanol–water partition coefficient (Wildman–Crippen LogP) is 3.60. The lowest BCUT2D eigenvalue weighted by Gasteiger charge is -2.27. The minimum Gasteiger partial charge on any atom is -0.480 e. The van der Waals surface area contributed by atoms with Crippen LogP contribution in [0.1, 0.15) is 33.6 Å². The second-order valence-electron chi connectivity index (χ2n) is 17.0. The molecule has 0 saturated carbocycles. The SMILES string of the molecule is O=C(N[C@@H](Cc1ccccc1)C(=O)O)[C@H]1CC(=O)[C@@H](Cc2ccccc2)NC(=O)[C@H](Cc2ccc(-c3ccncc3)cc2)NC(=O)[C@@H](Cc2cccs2)NC(=O)[C@H](O)[C@@H](O)C(=O)Nc2ccc(cc2)C1. The minimum absolute atomic E-state index is 0.0154. The third kappa shape index (κ3) is 13.9. The van der Waals surface area contributed by atoms with Crippen molar-refractivity contribution in [2.75, 3.05) is 5.32 Å². The number of benzene rings is 4. The van der Waals surface area contributed by atoms with E-state index < -0.39 is 90.0 Å². The summed E-state index contributed by atoms with van der Waals surface area (Å²) in [5, 5.41) is 47.0. The van der Waals surface area contributed by atoms with E-state index in [9.17, 15) is 48.9 Å². The zero-order valence-electron chi connectivity index (χ0n) is 37.8. The standard InChI is InChI=1S/C53H52N6O10S/c60-45-30-38(48(63)59-44(53(68)69)29-33-10-5-2-6-11-33)26-34-15-19-39(20-16-34)55-51(66)46(61)47(62)52(67)58-43(31-40-12-7-25-70-40)50(65)57-42(49(64)56-41(45)27-32-8-3-1-4-9-32)28-35-13-17-36(18-14-35)37-21-23-54-24-22-37/h1-25,38,41-44,46-47,61-62H,26-31H2,(H,55,66)(H,56,64)(H,57,65)(H,58,67)(H,59,63)(H,68,69)/t38-,41-,42+,43-,44+,46-,47-/m1/s1. The van der Waals surface area contributed by atoms with Gasteiger partial charge in [-0.3, -0.25) is 33.8 Å². The highest BCUT2D eigenvalue weighted by Gasteiger charge is 2.36. The summed E-state index contributed by atoms with van der Waals surface area (Å²) in [5.74, 6) is -7.75. The van der Waals surface area contributed by atoms with E-state index in [1.807, 2.05) is 24.3 Å². The Balaban J connectivity index is 1.26. The van der Waals surface area contributed by atoms with Gasteiger partial charge < -0.3 is 41.9 Å². The van der Waals surface area contributed by atoms with Gasteiger partial charge in [0, 0.05) is 54.6 Å². The van der Waals surface area contributed by atoms with Crippen molar-refractivity contribution in [3.05, 3.63) is 178 Å². The van der Waals surface area contributed by atoms with Gasteiger partial charge in [-0.1, -0.05) is 103 Å². The molecule has 0 unspecified atom stereocenters. The molecule has 7 atom stereocenters. The normalized spacial score (nSPS) is 21.0. The lowest BCUT2D eigenvalue weighted by molar-refractivity contribution is -0.144. The highest BCUT2D eigenvalue weighted by atomic mass is 32.1. The van der Waals surface area contributed by atoms with Crippen molar-refractivity contribution >= 4 is 58.3 Å². The summed E-state index contributed by atoms with van der Waals surface area (Å²) in [6, 6.07) is 32.6. The Hall–Kier alpha value is -7.86. The zero-order valence-corrected chi connectivity index (χ0v) is 38.6. The summed E-state index contributed by atoms with van der Waals surface area (Å²) >= 11 is 1.29. The number of carboxylic acid groups (broad SMARTS) is 1. The van der Waals surface area contributed by atoms with Crippen LogP contribution in [0.15, 0.2) is 151 Å². The van der Waals surface area contributed by atoms with Crippen molar-refractivity contribution in [3.8, 4) is 11.1 Å². The maximum absolute atomic E-state index is 14.8. The summed E-state index contributed by atoms with van der Waals surface area (Å²) in [7, 11) is 0. The van der Waals surface area contributed by atoms with Gasteiger partial charge in [-0.2, -0.15) is 0 Å². The topological polar surface area (TPSA) is 253 Å². The molecule has 70 heavy (non-hydrogen) atoms. The predicted molar refractivity (Wildman–Crippen MR) is 261 cm³/mol. The smallest absolute Gasteiger partial charge is 0.326 e. The molecule has 0 saturated heterocycles. The third-order valence-electron chi connectivity index (χ3n) is 11.9. The first kappa shape index (κ1) is 50.0. The molecule has 2 aliphatic rings. The number of hydrogen-bond acceptors (Lipinski definition) is 11. The molecule has 2 aliphatic heterocycles. The minimum atomic E-state index is -2.33. The van der Waals surface area contributed by atoms with Crippen LogP contribution in [0, 0.1) is 5.92 Å². The summed E-state index contributed by atoms with van der Waals surface area (Å²) in [5.41, 5.74) is 4.35. The molecule has 4 heterocycles. The summed E-state index contributed by atoms with van der Waals surface area (Å²) < 4.78 is 0. The van der Waals surface area contributed by atoms with E-state index in [-0.39, 0.29) is 37.8 Å². The number of Topliss-reactive ketones (excluding diaryl/α,β-unsaturated/α-hetero) is 1. The quantitative estimate of drug-likeness (QED) is 0.0823. The number of fused-ring (bicyclic) bond motifs is 18. The molecule has 5 amide bonds. The molecule has 0 spiro atoms. The van der Waals surface area contributed by atoms with Crippen molar-refractivity contribution in [2.45, 2.75) is 74.9 Å². The highest BCUT2D eigenvalue weighted by molar-refractivity contribution is 7.09. The molecule has 16 nitrogen and oxygen atoms in total. The Bertz CT molecular complexity index is 2740. The number of aliphatic hydroxyl groups is 2. The van der Waals surface area contributed by atoms with Crippen molar-refractivity contribution < 1.29 is 48.9 Å². The van der Waals surface area contributed by atoms with Gasteiger partial charge in [0.05, 0.1) is 6.04 Å². The van der Waals surface area contributed by atoms with E-state index in [2.05, 4.69) is 31.6 Å². The molecule has 360 valence electrons. The fourth-order valence-corrected chi connectivity index (χ4v) is 8.80. The number of amides is 5. The van der Waals surface area contributed by atoms with Crippen LogP contribution < -0.4 is 26.6 Å². The first-order valence-electron chi connectivity index (χ1n) is 22.6. The number of carbonyl (C=O) groups excluding carboxylic acids is 6. The number of aliphatic hydroxyl groups excluding tert-OH is 2. The molecular weight excluding hydrogens is 913 g/mol. The fraction of sp³-hybridized carbons (Fsp3) is 0.245. The van der Waals surface area contributed by atoms with Crippen LogP contribution in [-0.2, 0) is 65.7 Å². The molecule has 8 N–H and O–H groups in total. The molecule has 0 fully saturated rings. The van der Waals surface area contributed by atoms with E-state index in [4.69, 9.17) is 0 Å². The van der Waals surface area contributed by atoms with Gasteiger partial charge >= 0.3 is 5.97 Å². The molecule has 2 bridgehead atoms. The first-order chi connectivity index (χ1) is 33.8. The Morgan fingerprint density at radius 1 is 0.600 bits per heavy atom. The van der Waals surface area contributed by atoms with Crippen LogP contribution in [0.2, 0.25) is 0 Å². The number of carboxylic acids is 1. The number of nitrogens with zero attached hydrogens (tertiary/aromatic N) is 1. The summed E-state index contributed by atoms with van der Waals surface area (Å²) in [6.45, 7) is 0. The molecule has 17 heteroatoms. The van der Waals surface area contributed by atoms with E-state index in [0.29, 0.717) is 27.1 Å². The van der Waals surface area contributed by atoms with Crippen LogP contribution in [0.5, 0.6) is 0 Å². The number of aromatic nitrogens is 1. The third-order valence-corrected chi connectivity index (χ3v) is 12.8. The largest absolute Gasteiger partial charge is 0.480 e. The van der Waals surface area contributed by atoms with E-state index in [1.54, 1.807) is 115 Å². The van der Waals surface area contributed by atoms with E-state index >= 15 is 0 Å². The molecule has 0 aliphatic carbocycles. The Kier molecular flexibility index (Phi) is 17.1. The van der Waals surface area contributed by atoms with Gasteiger partial charge in [-0.05, 0) is 81.9 Å². The number of aliphatic carboxylic acids is 1. The summed E-state index contributed by atoms with van der Waals surface area (Å²) in [6.07, 6.45) is -2.09. The molecule has 8 rings (SSSR count). The van der Waals surface area contributed by atoms with E-state index in [1.165, 1.54) is 23.5 Å².